The number of hydrogen-bond donors (Lipinski definition) is 0. The molecule has 0 N–H and O–H groups in total. The molecular weight excluding hydrogens is 426 g/mol. The van der Waals surface area contributed by atoms with E-state index in [2.05, 4.69) is 19.0 Å². The van der Waals surface area contributed by atoms with Crippen LogP contribution in [0.3, 0.4) is 0 Å². The summed E-state index contributed by atoms with van der Waals surface area (Å²) < 4.78 is 10.5. The van der Waals surface area contributed by atoms with Gasteiger partial charge >= 0.3 is 21.1 Å². The molecule has 4 nitrogen and oxygen atoms in total. The maximum absolute atomic E-state index is 5.33. The third-order valence-corrected chi connectivity index (χ3v) is 3.01. The van der Waals surface area contributed by atoms with Gasteiger partial charge < -0.3 is 21.2 Å². The van der Waals surface area contributed by atoms with E-state index in [0.717, 1.165) is 11.3 Å². The normalized spacial score (nSPS) is 20.1. The van der Waals surface area contributed by atoms with Crippen LogP contribution >= 0.6 is 0 Å². The van der Waals surface area contributed by atoms with Crippen LogP contribution in [0.4, 0.5) is 0 Å². The van der Waals surface area contributed by atoms with Crippen LogP contribution in [0.5, 0.6) is 11.5 Å². The van der Waals surface area contributed by atoms with Crippen LogP contribution in [-0.4, -0.2) is 25.5 Å². The van der Waals surface area contributed by atoms with Gasteiger partial charge in [-0.2, -0.15) is 6.42 Å². The van der Waals surface area contributed by atoms with Gasteiger partial charge in [0.1, 0.15) is 0 Å². The third-order valence-electron chi connectivity index (χ3n) is 3.01. The SMILES string of the molecule is C.[CH2-]CC1([CH2-])CC(c2ccc(OC)c(OC)c2)=NO1.[W+2]. The first-order valence-electron chi connectivity index (χ1n) is 5.74. The molecule has 1 atom stereocenters. The predicted octanol–water partition coefficient (Wildman–Crippen LogP) is 3.26. The Bertz CT molecular complexity index is 476. The predicted molar refractivity (Wildman–Crippen MR) is 76.6 cm³/mol. The third kappa shape index (κ3) is 3.75. The van der Waals surface area contributed by atoms with Crippen molar-refractivity contribution in [3.63, 3.8) is 0 Å². The van der Waals surface area contributed by atoms with E-state index in [1.165, 1.54) is 0 Å². The van der Waals surface area contributed by atoms with Crippen molar-refractivity contribution >= 4 is 5.71 Å². The molecule has 2 rings (SSSR count). The molecule has 0 saturated carbocycles. The van der Waals surface area contributed by atoms with Crippen LogP contribution in [0, 0.1) is 13.8 Å². The Balaban J connectivity index is 0.00000180. The van der Waals surface area contributed by atoms with E-state index in [4.69, 9.17) is 14.3 Å². The molecule has 0 spiro atoms. The molecule has 1 aliphatic rings. The summed E-state index contributed by atoms with van der Waals surface area (Å²) >= 11 is 0. The Morgan fingerprint density at radius 3 is 2.45 bits per heavy atom. The van der Waals surface area contributed by atoms with Gasteiger partial charge in [-0.1, -0.05) is 12.6 Å². The van der Waals surface area contributed by atoms with Crippen LogP contribution in [0.2, 0.25) is 0 Å². The molecular formula is C15H21NO3W. The first-order valence-corrected chi connectivity index (χ1v) is 5.74. The van der Waals surface area contributed by atoms with E-state index in [9.17, 15) is 0 Å². The van der Waals surface area contributed by atoms with Crippen molar-refractivity contribution < 1.29 is 35.4 Å². The molecule has 1 unspecified atom stereocenters. The van der Waals surface area contributed by atoms with E-state index in [1.54, 1.807) is 14.2 Å². The van der Waals surface area contributed by atoms with Gasteiger partial charge in [-0.25, -0.2) is 0 Å². The first kappa shape index (κ1) is 19.0. The molecule has 0 bridgehead atoms. The molecule has 20 heavy (non-hydrogen) atoms. The number of hydrogen-bond acceptors (Lipinski definition) is 4. The van der Waals surface area contributed by atoms with Gasteiger partial charge in [0.25, 0.3) is 0 Å². The molecule has 0 aliphatic carbocycles. The fraction of sp³-hybridized carbons (Fsp3) is 0.400. The van der Waals surface area contributed by atoms with Crippen molar-refractivity contribution in [2.24, 2.45) is 5.16 Å². The molecule has 1 aliphatic heterocycles. The number of rotatable bonds is 4. The number of oxime groups is 1. The summed E-state index contributed by atoms with van der Waals surface area (Å²) in [7, 11) is 3.22. The molecule has 0 aromatic heterocycles. The van der Waals surface area contributed by atoms with Gasteiger partial charge in [0, 0.05) is 12.0 Å². The van der Waals surface area contributed by atoms with E-state index in [0.29, 0.717) is 24.3 Å². The summed E-state index contributed by atoms with van der Waals surface area (Å²) in [6, 6.07) is 5.66. The van der Waals surface area contributed by atoms with Crippen LogP contribution in [0.15, 0.2) is 23.4 Å². The van der Waals surface area contributed by atoms with Gasteiger partial charge in [-0.05, 0) is 23.8 Å². The van der Waals surface area contributed by atoms with Crippen molar-refractivity contribution in [1.82, 2.24) is 0 Å². The van der Waals surface area contributed by atoms with Gasteiger partial charge in [0.15, 0.2) is 11.5 Å². The van der Waals surface area contributed by atoms with Crippen molar-refractivity contribution in [2.45, 2.75) is 25.9 Å². The molecule has 0 saturated heterocycles. The van der Waals surface area contributed by atoms with E-state index < -0.39 is 5.60 Å². The monoisotopic (exact) mass is 447 g/mol. The van der Waals surface area contributed by atoms with Gasteiger partial charge in [-0.3, -0.25) is 6.92 Å². The molecule has 1 heterocycles. The summed E-state index contributed by atoms with van der Waals surface area (Å²) in [5, 5.41) is 4.08. The average Bonchev–Trinajstić information content (AvgIpc) is 2.81. The maximum Gasteiger partial charge on any atom is 2.00 e. The zero-order valence-corrected chi connectivity index (χ0v) is 14.1. The second kappa shape index (κ2) is 7.68. The quantitative estimate of drug-likeness (QED) is 0.666. The molecule has 1 aromatic rings. The minimum Gasteiger partial charge on any atom is -0.493 e. The Kier molecular flexibility index (Phi) is 7.29. The molecule has 0 amide bonds. The van der Waals surface area contributed by atoms with Crippen LogP contribution < -0.4 is 9.47 Å². The Morgan fingerprint density at radius 1 is 1.30 bits per heavy atom. The van der Waals surface area contributed by atoms with E-state index in [1.807, 2.05) is 18.2 Å². The minimum atomic E-state index is -0.539. The molecule has 5 heteroatoms. The average molecular weight is 447 g/mol. The van der Waals surface area contributed by atoms with E-state index >= 15 is 0 Å². The number of methoxy groups -OCH3 is 2. The number of ether oxygens (including phenoxy) is 2. The van der Waals surface area contributed by atoms with Crippen molar-refractivity contribution in [2.75, 3.05) is 14.2 Å². The summed E-state index contributed by atoms with van der Waals surface area (Å²) in [5.41, 5.74) is 1.27. The summed E-state index contributed by atoms with van der Waals surface area (Å²) in [5.74, 6) is 1.37. The molecule has 110 valence electrons. The van der Waals surface area contributed by atoms with Crippen molar-refractivity contribution in [1.29, 1.82) is 0 Å². The van der Waals surface area contributed by atoms with Crippen LogP contribution in [0.1, 0.15) is 25.8 Å². The fourth-order valence-corrected chi connectivity index (χ4v) is 1.83. The van der Waals surface area contributed by atoms with Crippen molar-refractivity contribution in [3.8, 4) is 11.5 Å². The zero-order valence-electron chi connectivity index (χ0n) is 11.1. The first-order chi connectivity index (χ1) is 8.61. The standard InChI is InChI=1S/C14H17NO3.CH4.W/c1-5-14(2)9-11(15-18-14)10-6-7-12(16-3)13(8-10)17-4;;/h6-8H,1-2,5,9H2,3-4H3;1H4;/q-2;;+2. The Hall–Kier alpha value is -1.02. The Labute approximate surface area is 135 Å². The second-order valence-electron chi connectivity index (χ2n) is 4.31. The van der Waals surface area contributed by atoms with Crippen LogP contribution in [-0.2, 0) is 25.9 Å². The smallest absolute Gasteiger partial charge is 0.493 e. The van der Waals surface area contributed by atoms with Crippen molar-refractivity contribution in [3.05, 3.63) is 37.6 Å². The summed E-state index contributed by atoms with van der Waals surface area (Å²) in [6.45, 7) is 7.81. The van der Waals surface area contributed by atoms with Gasteiger partial charge in [0.05, 0.1) is 19.9 Å². The molecule has 0 radical (unpaired) electrons. The molecule has 0 fully saturated rings. The van der Waals surface area contributed by atoms with Gasteiger partial charge in [0.2, 0.25) is 0 Å². The number of benzene rings is 1. The topological polar surface area (TPSA) is 40.0 Å². The van der Waals surface area contributed by atoms with Gasteiger partial charge in [-0.15, -0.1) is 0 Å². The second-order valence-corrected chi connectivity index (χ2v) is 4.31. The minimum absolute atomic E-state index is 0. The fourth-order valence-electron chi connectivity index (χ4n) is 1.83. The number of nitrogens with zero attached hydrogens (tertiary/aromatic N) is 1. The summed E-state index contributed by atoms with van der Waals surface area (Å²) in [4.78, 5) is 5.33. The Morgan fingerprint density at radius 2 is 1.95 bits per heavy atom. The molecule has 1 aromatic carbocycles. The van der Waals surface area contributed by atoms with Crippen LogP contribution in [0.25, 0.3) is 0 Å². The zero-order chi connectivity index (χ0) is 13.2. The van der Waals surface area contributed by atoms with E-state index in [-0.39, 0.29) is 28.5 Å². The maximum atomic E-state index is 5.33. The largest absolute Gasteiger partial charge is 2.00 e. The summed E-state index contributed by atoms with van der Waals surface area (Å²) in [6.07, 6.45) is 1.22.